The molecular formula is C22H25N5O3. The molecule has 0 aliphatic carbocycles. The maximum atomic E-state index is 9.78. The molecule has 0 aliphatic rings. The number of aromatic nitrogens is 5. The van der Waals surface area contributed by atoms with Gasteiger partial charge in [-0.1, -0.05) is 0 Å². The minimum absolute atomic E-state index is 0.444. The summed E-state index contributed by atoms with van der Waals surface area (Å²) in [4.78, 5) is 4.24. The molecule has 0 atom stereocenters. The lowest BCUT2D eigenvalue weighted by atomic mass is 10.1. The van der Waals surface area contributed by atoms with Gasteiger partial charge < -0.3 is 19.1 Å². The Labute approximate surface area is 174 Å². The summed E-state index contributed by atoms with van der Waals surface area (Å²) in [5.74, 6) is 2.81. The monoisotopic (exact) mass is 407 g/mol. The predicted molar refractivity (Wildman–Crippen MR) is 113 cm³/mol. The van der Waals surface area contributed by atoms with Crippen LogP contribution in [0.1, 0.15) is 27.2 Å². The van der Waals surface area contributed by atoms with Gasteiger partial charge in [0.1, 0.15) is 24.2 Å². The number of nitrogens with zero attached hydrogens (tertiary/aromatic N) is 5. The van der Waals surface area contributed by atoms with E-state index in [4.69, 9.17) is 9.47 Å². The molecule has 0 amide bonds. The van der Waals surface area contributed by atoms with Crippen LogP contribution >= 0.6 is 0 Å². The van der Waals surface area contributed by atoms with Crippen LogP contribution < -0.4 is 9.47 Å². The molecule has 4 aromatic rings. The standard InChI is InChI=1S/C22H25N5O3/c1-4-26-15-24-25-21(26)16-11-17-13-23-14-27(17)20(12-16)30-19-7-5-18(6-8-19)29-10-9-22(2,3)28/h5-8,11-15,28H,4,9-10H2,1-3H3. The van der Waals surface area contributed by atoms with Crippen molar-refractivity contribution in [1.82, 2.24) is 24.1 Å². The molecule has 0 saturated heterocycles. The van der Waals surface area contributed by atoms with Crippen molar-refractivity contribution in [2.45, 2.75) is 39.3 Å². The molecule has 0 unspecified atom stereocenters. The number of fused-ring (bicyclic) bond motifs is 1. The van der Waals surface area contributed by atoms with Gasteiger partial charge in [-0.3, -0.25) is 4.40 Å². The van der Waals surface area contributed by atoms with Crippen LogP contribution in [0.5, 0.6) is 17.4 Å². The van der Waals surface area contributed by atoms with Crippen LogP contribution in [0.2, 0.25) is 0 Å². The van der Waals surface area contributed by atoms with Crippen LogP contribution in [0.15, 0.2) is 55.2 Å². The van der Waals surface area contributed by atoms with Crippen molar-refractivity contribution >= 4 is 5.52 Å². The Hall–Kier alpha value is -3.39. The van der Waals surface area contributed by atoms with Crippen molar-refractivity contribution < 1.29 is 14.6 Å². The highest BCUT2D eigenvalue weighted by Gasteiger charge is 2.14. The molecule has 0 bridgehead atoms. The van der Waals surface area contributed by atoms with Crippen molar-refractivity contribution in [3.63, 3.8) is 0 Å². The Morgan fingerprint density at radius 2 is 1.83 bits per heavy atom. The number of hydrogen-bond acceptors (Lipinski definition) is 6. The summed E-state index contributed by atoms with van der Waals surface area (Å²) in [6.45, 7) is 6.80. The molecule has 0 radical (unpaired) electrons. The number of imidazole rings is 1. The van der Waals surface area contributed by atoms with Gasteiger partial charge >= 0.3 is 0 Å². The molecule has 0 spiro atoms. The van der Waals surface area contributed by atoms with E-state index in [0.717, 1.165) is 29.2 Å². The van der Waals surface area contributed by atoms with E-state index in [2.05, 4.69) is 15.2 Å². The van der Waals surface area contributed by atoms with E-state index in [1.54, 1.807) is 32.7 Å². The molecule has 0 aliphatic heterocycles. The molecular weight excluding hydrogens is 382 g/mol. The number of pyridine rings is 1. The van der Waals surface area contributed by atoms with E-state index in [9.17, 15) is 5.11 Å². The third-order valence-corrected chi connectivity index (χ3v) is 4.73. The Bertz CT molecular complexity index is 1130. The largest absolute Gasteiger partial charge is 0.493 e. The third kappa shape index (κ3) is 4.44. The van der Waals surface area contributed by atoms with Crippen molar-refractivity contribution in [1.29, 1.82) is 0 Å². The lowest BCUT2D eigenvalue weighted by Gasteiger charge is -2.17. The van der Waals surface area contributed by atoms with Gasteiger partial charge in [0.05, 0.1) is 23.9 Å². The summed E-state index contributed by atoms with van der Waals surface area (Å²) >= 11 is 0. The summed E-state index contributed by atoms with van der Waals surface area (Å²) in [5.41, 5.74) is 1.07. The number of rotatable bonds is 8. The molecule has 3 aromatic heterocycles. The van der Waals surface area contributed by atoms with Crippen LogP contribution in [0.25, 0.3) is 16.9 Å². The number of aryl methyl sites for hydroxylation is 1. The van der Waals surface area contributed by atoms with Crippen molar-refractivity contribution in [3.05, 3.63) is 55.2 Å². The second kappa shape index (κ2) is 8.16. The second-order valence-electron chi connectivity index (χ2n) is 7.70. The lowest BCUT2D eigenvalue weighted by molar-refractivity contribution is 0.0553. The second-order valence-corrected chi connectivity index (χ2v) is 7.70. The Balaban J connectivity index is 1.56. The van der Waals surface area contributed by atoms with Gasteiger partial charge in [-0.05, 0) is 51.1 Å². The predicted octanol–water partition coefficient (Wildman–Crippen LogP) is 3.94. The SMILES string of the molecule is CCn1cnnc1-c1cc(Oc2ccc(OCCC(C)(C)O)cc2)n2cncc2c1. The fourth-order valence-electron chi connectivity index (χ4n) is 3.06. The van der Waals surface area contributed by atoms with Crippen LogP contribution in [0.3, 0.4) is 0 Å². The number of hydrogen-bond donors (Lipinski definition) is 1. The minimum Gasteiger partial charge on any atom is -0.493 e. The first kappa shape index (κ1) is 19.9. The molecule has 8 heteroatoms. The van der Waals surface area contributed by atoms with Crippen LogP contribution in [-0.2, 0) is 6.54 Å². The summed E-state index contributed by atoms with van der Waals surface area (Å²) in [6.07, 6.45) is 5.77. The van der Waals surface area contributed by atoms with Gasteiger partial charge in [0.15, 0.2) is 5.82 Å². The maximum absolute atomic E-state index is 9.78. The first-order valence-corrected chi connectivity index (χ1v) is 9.90. The summed E-state index contributed by atoms with van der Waals surface area (Å²) in [5, 5.41) is 18.0. The van der Waals surface area contributed by atoms with E-state index in [-0.39, 0.29) is 0 Å². The number of benzene rings is 1. The molecule has 3 heterocycles. The molecule has 1 aromatic carbocycles. The highest BCUT2D eigenvalue weighted by atomic mass is 16.5. The van der Waals surface area contributed by atoms with Gasteiger partial charge in [0.2, 0.25) is 5.88 Å². The average Bonchev–Trinajstić information content (AvgIpc) is 3.37. The van der Waals surface area contributed by atoms with Gasteiger partial charge in [-0.25, -0.2) is 4.98 Å². The molecule has 1 N–H and O–H groups in total. The van der Waals surface area contributed by atoms with E-state index in [1.807, 2.05) is 52.3 Å². The van der Waals surface area contributed by atoms with Gasteiger partial charge in [-0.2, -0.15) is 0 Å². The molecule has 0 fully saturated rings. The fraction of sp³-hybridized carbons (Fsp3) is 0.318. The summed E-state index contributed by atoms with van der Waals surface area (Å²) in [6, 6.07) is 11.3. The van der Waals surface area contributed by atoms with Gasteiger partial charge in [0.25, 0.3) is 0 Å². The van der Waals surface area contributed by atoms with E-state index < -0.39 is 5.60 Å². The van der Waals surface area contributed by atoms with Gasteiger partial charge in [-0.15, -0.1) is 10.2 Å². The molecule has 4 rings (SSSR count). The molecule has 8 nitrogen and oxygen atoms in total. The molecule has 0 saturated carbocycles. The highest BCUT2D eigenvalue weighted by Crippen LogP contribution is 2.29. The van der Waals surface area contributed by atoms with E-state index in [1.165, 1.54) is 0 Å². The summed E-state index contributed by atoms with van der Waals surface area (Å²) < 4.78 is 15.7. The topological polar surface area (TPSA) is 86.7 Å². The average molecular weight is 407 g/mol. The maximum Gasteiger partial charge on any atom is 0.206 e. The van der Waals surface area contributed by atoms with E-state index >= 15 is 0 Å². The minimum atomic E-state index is -0.744. The van der Waals surface area contributed by atoms with Crippen LogP contribution in [-0.4, -0.2) is 41.5 Å². The highest BCUT2D eigenvalue weighted by molar-refractivity contribution is 5.66. The fourth-order valence-corrected chi connectivity index (χ4v) is 3.06. The van der Waals surface area contributed by atoms with Crippen molar-refractivity contribution in [3.8, 4) is 28.8 Å². The zero-order chi connectivity index (χ0) is 21.1. The molecule has 156 valence electrons. The van der Waals surface area contributed by atoms with Crippen molar-refractivity contribution in [2.24, 2.45) is 0 Å². The Morgan fingerprint density at radius 3 is 2.57 bits per heavy atom. The third-order valence-electron chi connectivity index (χ3n) is 4.73. The van der Waals surface area contributed by atoms with Crippen LogP contribution in [0.4, 0.5) is 0 Å². The Kier molecular flexibility index (Phi) is 5.41. The first-order chi connectivity index (χ1) is 14.4. The summed E-state index contributed by atoms with van der Waals surface area (Å²) in [7, 11) is 0. The Morgan fingerprint density at radius 1 is 1.07 bits per heavy atom. The molecule has 30 heavy (non-hydrogen) atoms. The number of aliphatic hydroxyl groups is 1. The van der Waals surface area contributed by atoms with Crippen LogP contribution in [0, 0.1) is 0 Å². The lowest BCUT2D eigenvalue weighted by Crippen LogP contribution is -2.21. The smallest absolute Gasteiger partial charge is 0.206 e. The number of ether oxygens (including phenoxy) is 2. The first-order valence-electron chi connectivity index (χ1n) is 9.90. The normalized spacial score (nSPS) is 11.7. The van der Waals surface area contributed by atoms with Crippen molar-refractivity contribution in [2.75, 3.05) is 6.61 Å². The quantitative estimate of drug-likeness (QED) is 0.476. The zero-order valence-corrected chi connectivity index (χ0v) is 17.3. The van der Waals surface area contributed by atoms with E-state index in [0.29, 0.717) is 24.7 Å². The van der Waals surface area contributed by atoms with Gasteiger partial charge in [0, 0.05) is 24.6 Å². The zero-order valence-electron chi connectivity index (χ0n) is 17.3.